The Balaban J connectivity index is 2.55. The molecule has 0 aromatic heterocycles. The van der Waals surface area contributed by atoms with Gasteiger partial charge >= 0.3 is 0 Å². The van der Waals surface area contributed by atoms with Gasteiger partial charge in [-0.25, -0.2) is 0 Å². The molecule has 1 atom stereocenters. The van der Waals surface area contributed by atoms with Gasteiger partial charge in [-0.15, -0.1) is 0 Å². The van der Waals surface area contributed by atoms with Crippen LogP contribution in [0.5, 0.6) is 0 Å². The Labute approximate surface area is 181 Å². The van der Waals surface area contributed by atoms with Gasteiger partial charge in [-0.3, -0.25) is 0 Å². The van der Waals surface area contributed by atoms with Gasteiger partial charge in [0.05, 0.1) is 28.8 Å². The van der Waals surface area contributed by atoms with Crippen LogP contribution >= 0.6 is 23.4 Å². The number of hydrogen-bond acceptors (Lipinski definition) is 5. The van der Waals surface area contributed by atoms with Crippen LogP contribution in [0.2, 0.25) is 18.1 Å². The number of rotatable bonds is 6. The minimum atomic E-state index is -0.855. The summed E-state index contributed by atoms with van der Waals surface area (Å²) in [5.41, 5.74) is -0.304. The largest absolute Gasteiger partial charge is 0.413 e. The summed E-state index contributed by atoms with van der Waals surface area (Å²) in [6.45, 7) is 15.4. The van der Waals surface area contributed by atoms with E-state index in [-0.39, 0.29) is 5.41 Å². The fourth-order valence-electron chi connectivity index (χ4n) is 3.22. The molecular formula is C21H31ClN3OSSi. The first-order valence-corrected chi connectivity index (χ1v) is 13.0. The monoisotopic (exact) mass is 436 g/mol. The lowest BCUT2D eigenvalue weighted by atomic mass is 9.79. The van der Waals surface area contributed by atoms with Crippen molar-refractivity contribution in [3.05, 3.63) is 40.0 Å². The Hall–Kier alpha value is -1.13. The van der Waals surface area contributed by atoms with Crippen molar-refractivity contribution in [2.45, 2.75) is 58.3 Å². The lowest BCUT2D eigenvalue weighted by Gasteiger charge is -2.48. The van der Waals surface area contributed by atoms with Crippen LogP contribution in [0.25, 0.3) is 0 Å². The molecule has 0 saturated heterocycles. The standard InChI is InChI=1S/C21H31ClN3OSSi/c1-19(2,3)21(14-26-28(7)8)24-17(20(4,5)13-23)18(25(21)6)27-16-11-9-10-15(22)12-16/h9-12,24H,14H2,1-8H3. The number of allylic oxidation sites excluding steroid dienone is 1. The van der Waals surface area contributed by atoms with Crippen molar-refractivity contribution in [1.82, 2.24) is 10.2 Å². The van der Waals surface area contributed by atoms with Gasteiger partial charge in [-0.2, -0.15) is 5.26 Å². The predicted octanol–water partition coefficient (Wildman–Crippen LogP) is 5.70. The fourth-order valence-corrected chi connectivity index (χ4v) is 5.22. The molecule has 7 heteroatoms. The van der Waals surface area contributed by atoms with Gasteiger partial charge in [0.2, 0.25) is 9.04 Å². The molecule has 4 nitrogen and oxygen atoms in total. The lowest BCUT2D eigenvalue weighted by molar-refractivity contribution is -0.00893. The summed E-state index contributed by atoms with van der Waals surface area (Å²) in [7, 11) is 1.23. The van der Waals surface area contributed by atoms with Gasteiger partial charge in [0.25, 0.3) is 0 Å². The molecule has 0 saturated carbocycles. The van der Waals surface area contributed by atoms with Gasteiger partial charge < -0.3 is 14.6 Å². The Morgan fingerprint density at radius 3 is 2.43 bits per heavy atom. The quantitative estimate of drug-likeness (QED) is 0.580. The van der Waals surface area contributed by atoms with Gasteiger partial charge in [0.15, 0.2) is 0 Å². The highest BCUT2D eigenvalue weighted by Gasteiger charge is 2.54. The zero-order valence-corrected chi connectivity index (χ0v) is 20.7. The minimum absolute atomic E-state index is 0.132. The summed E-state index contributed by atoms with van der Waals surface area (Å²) in [6.07, 6.45) is 0. The average Bonchev–Trinajstić information content (AvgIpc) is 2.87. The smallest absolute Gasteiger partial charge is 0.205 e. The van der Waals surface area contributed by atoms with Gasteiger partial charge in [-0.1, -0.05) is 50.2 Å². The van der Waals surface area contributed by atoms with E-state index < -0.39 is 20.1 Å². The number of nitriles is 1. The SMILES string of the molecule is CN1C(Sc2cccc(Cl)c2)=C(C(C)(C)C#N)NC1(CO[Si](C)C)C(C)(C)C. The zero-order chi connectivity index (χ0) is 21.3. The van der Waals surface area contributed by atoms with E-state index in [2.05, 4.69) is 57.2 Å². The molecule has 1 aliphatic rings. The van der Waals surface area contributed by atoms with Crippen molar-refractivity contribution in [2.75, 3.05) is 13.7 Å². The molecule has 1 radical (unpaired) electrons. The minimum Gasteiger partial charge on any atom is -0.413 e. The molecule has 153 valence electrons. The Morgan fingerprint density at radius 2 is 1.93 bits per heavy atom. The topological polar surface area (TPSA) is 48.3 Å². The van der Waals surface area contributed by atoms with E-state index in [0.29, 0.717) is 11.6 Å². The van der Waals surface area contributed by atoms with Crippen LogP contribution in [0.3, 0.4) is 0 Å². The summed E-state index contributed by atoms with van der Waals surface area (Å²) >= 11 is 7.84. The van der Waals surface area contributed by atoms with Gasteiger partial charge in [0, 0.05) is 22.4 Å². The molecule has 1 heterocycles. The van der Waals surface area contributed by atoms with Crippen molar-refractivity contribution < 1.29 is 4.43 Å². The van der Waals surface area contributed by atoms with E-state index >= 15 is 0 Å². The fraction of sp³-hybridized carbons (Fsp3) is 0.571. The number of nitrogens with zero attached hydrogens (tertiary/aromatic N) is 2. The third-order valence-corrected chi connectivity index (χ3v) is 7.27. The van der Waals surface area contributed by atoms with Gasteiger partial charge in [0.1, 0.15) is 5.66 Å². The molecule has 1 N–H and O–H groups in total. The second-order valence-electron chi connectivity index (χ2n) is 8.97. The Morgan fingerprint density at radius 1 is 1.29 bits per heavy atom. The average molecular weight is 437 g/mol. The number of thioether (sulfide) groups is 1. The number of hydrogen-bond donors (Lipinski definition) is 1. The van der Waals surface area contributed by atoms with Crippen LogP contribution in [0, 0.1) is 22.2 Å². The number of nitrogens with one attached hydrogen (secondary N) is 1. The molecule has 28 heavy (non-hydrogen) atoms. The molecule has 1 unspecified atom stereocenters. The summed E-state index contributed by atoms with van der Waals surface area (Å²) in [5.74, 6) is 0. The first kappa shape index (κ1) is 23.1. The van der Waals surface area contributed by atoms with Crippen molar-refractivity contribution in [3.63, 3.8) is 0 Å². The first-order valence-electron chi connectivity index (χ1n) is 9.38. The third-order valence-electron chi connectivity index (χ3n) is 5.15. The van der Waals surface area contributed by atoms with Crippen LogP contribution in [0.15, 0.2) is 39.9 Å². The summed E-state index contributed by atoms with van der Waals surface area (Å²) in [5, 5.41) is 15.3. The maximum Gasteiger partial charge on any atom is 0.205 e. The van der Waals surface area contributed by atoms with Crippen molar-refractivity contribution in [2.24, 2.45) is 10.8 Å². The van der Waals surface area contributed by atoms with Crippen molar-refractivity contribution in [1.29, 1.82) is 5.26 Å². The van der Waals surface area contributed by atoms with Crippen LogP contribution in [-0.4, -0.2) is 33.3 Å². The van der Waals surface area contributed by atoms with Crippen LogP contribution in [-0.2, 0) is 4.43 Å². The second kappa shape index (κ2) is 8.31. The van der Waals surface area contributed by atoms with Crippen molar-refractivity contribution in [3.8, 4) is 6.07 Å². The third kappa shape index (κ3) is 4.54. The van der Waals surface area contributed by atoms with E-state index in [1.165, 1.54) is 0 Å². The molecular weight excluding hydrogens is 406 g/mol. The molecule has 0 amide bonds. The van der Waals surface area contributed by atoms with Crippen molar-refractivity contribution >= 4 is 32.4 Å². The summed E-state index contributed by atoms with van der Waals surface area (Å²) in [6, 6.07) is 10.3. The van der Waals surface area contributed by atoms with Crippen LogP contribution in [0.4, 0.5) is 0 Å². The molecule has 0 aliphatic carbocycles. The Kier molecular flexibility index (Phi) is 6.87. The van der Waals surface area contributed by atoms with E-state index in [4.69, 9.17) is 16.0 Å². The molecule has 1 aliphatic heterocycles. The molecule has 1 aromatic rings. The maximum atomic E-state index is 9.86. The van der Waals surface area contributed by atoms with Crippen LogP contribution < -0.4 is 5.32 Å². The molecule has 1 aromatic carbocycles. The van der Waals surface area contributed by atoms with E-state index in [0.717, 1.165) is 15.6 Å². The Bertz CT molecular complexity index is 798. The van der Waals surface area contributed by atoms with E-state index in [1.807, 2.05) is 38.1 Å². The maximum absolute atomic E-state index is 9.86. The van der Waals surface area contributed by atoms with Crippen LogP contribution in [0.1, 0.15) is 34.6 Å². The van der Waals surface area contributed by atoms with E-state index in [1.54, 1.807) is 11.8 Å². The molecule has 0 spiro atoms. The lowest BCUT2D eigenvalue weighted by Crippen LogP contribution is -2.63. The highest BCUT2D eigenvalue weighted by atomic mass is 35.5. The molecule has 2 rings (SSSR count). The molecule has 0 fully saturated rings. The highest BCUT2D eigenvalue weighted by Crippen LogP contribution is 2.49. The van der Waals surface area contributed by atoms with Gasteiger partial charge in [-0.05, 0) is 45.1 Å². The number of benzene rings is 1. The first-order chi connectivity index (χ1) is 12.8. The second-order valence-corrected chi connectivity index (χ2v) is 12.6. The molecule has 0 bridgehead atoms. The highest BCUT2D eigenvalue weighted by molar-refractivity contribution is 8.03. The summed E-state index contributed by atoms with van der Waals surface area (Å²) < 4.78 is 6.20. The number of likely N-dealkylation sites (N-methyl/N-ethyl adjacent to an activating group) is 1. The van der Waals surface area contributed by atoms with E-state index in [9.17, 15) is 5.26 Å². The predicted molar refractivity (Wildman–Crippen MR) is 120 cm³/mol. The number of halogens is 1. The summed E-state index contributed by atoms with van der Waals surface area (Å²) in [4.78, 5) is 3.31. The zero-order valence-electron chi connectivity index (χ0n) is 18.1. The normalized spacial score (nSPS) is 20.5.